The summed E-state index contributed by atoms with van der Waals surface area (Å²) in [6.07, 6.45) is 2.60. The molecule has 5 nitrogen and oxygen atoms in total. The second-order valence-corrected chi connectivity index (χ2v) is 6.88. The lowest BCUT2D eigenvalue weighted by atomic mass is 9.76. The zero-order valence-corrected chi connectivity index (χ0v) is 14.7. The van der Waals surface area contributed by atoms with E-state index in [1.54, 1.807) is 12.0 Å². The molecular formula is C19H27NO4. The van der Waals surface area contributed by atoms with Gasteiger partial charge in [-0.05, 0) is 42.9 Å². The number of benzene rings is 1. The number of likely N-dealkylation sites (tertiary alicyclic amines) is 1. The van der Waals surface area contributed by atoms with Crippen LogP contribution in [-0.4, -0.2) is 42.1 Å². The zero-order chi connectivity index (χ0) is 17.7. The summed E-state index contributed by atoms with van der Waals surface area (Å²) in [5.41, 5.74) is 0.387. The minimum atomic E-state index is -0.786. The Labute approximate surface area is 143 Å². The topological polar surface area (TPSA) is 66.8 Å². The van der Waals surface area contributed by atoms with Crippen molar-refractivity contribution in [3.05, 3.63) is 29.8 Å². The van der Waals surface area contributed by atoms with E-state index >= 15 is 0 Å². The van der Waals surface area contributed by atoms with Gasteiger partial charge in [0.25, 0.3) is 0 Å². The molecular weight excluding hydrogens is 306 g/mol. The van der Waals surface area contributed by atoms with Gasteiger partial charge in [-0.1, -0.05) is 26.0 Å². The number of nitrogens with zero attached hydrogens (tertiary/aromatic N) is 1. The summed E-state index contributed by atoms with van der Waals surface area (Å²) in [7, 11) is 1.64. The molecule has 1 heterocycles. The van der Waals surface area contributed by atoms with Crippen LogP contribution in [0.25, 0.3) is 0 Å². The number of hydrogen-bond donors (Lipinski definition) is 1. The van der Waals surface area contributed by atoms with E-state index in [2.05, 4.69) is 0 Å². The molecule has 1 aromatic carbocycles. The first-order chi connectivity index (χ1) is 11.4. The molecule has 0 aliphatic carbocycles. The first kappa shape index (κ1) is 18.3. The molecule has 0 aromatic heterocycles. The van der Waals surface area contributed by atoms with Crippen LogP contribution in [0.1, 0.15) is 38.7 Å². The van der Waals surface area contributed by atoms with E-state index in [0.29, 0.717) is 25.9 Å². The second-order valence-electron chi connectivity index (χ2n) is 6.88. The highest BCUT2D eigenvalue weighted by Gasteiger charge is 2.48. The fourth-order valence-corrected chi connectivity index (χ4v) is 3.33. The second kappa shape index (κ2) is 7.69. The molecule has 1 atom stereocenters. The number of hydrogen-bond acceptors (Lipinski definition) is 3. The van der Waals surface area contributed by atoms with Gasteiger partial charge < -0.3 is 14.7 Å². The Kier molecular flexibility index (Phi) is 5.86. The predicted octanol–water partition coefficient (Wildman–Crippen LogP) is 2.98. The monoisotopic (exact) mass is 333 g/mol. The average molecular weight is 333 g/mol. The lowest BCUT2D eigenvalue weighted by molar-refractivity contribution is -0.151. The van der Waals surface area contributed by atoms with Crippen molar-refractivity contribution >= 4 is 11.9 Å². The van der Waals surface area contributed by atoms with Crippen molar-refractivity contribution < 1.29 is 19.4 Å². The first-order valence-corrected chi connectivity index (χ1v) is 8.53. The molecule has 1 aromatic rings. The van der Waals surface area contributed by atoms with Gasteiger partial charge in [0.05, 0.1) is 12.5 Å². The highest BCUT2D eigenvalue weighted by molar-refractivity contribution is 5.80. The van der Waals surface area contributed by atoms with Crippen molar-refractivity contribution in [2.75, 3.05) is 20.2 Å². The van der Waals surface area contributed by atoms with Crippen molar-refractivity contribution in [3.8, 4) is 5.75 Å². The average Bonchev–Trinajstić information content (AvgIpc) is 3.02. The molecule has 1 unspecified atom stereocenters. The Balaban J connectivity index is 1.84. The number of ether oxygens (including phenoxy) is 1. The summed E-state index contributed by atoms with van der Waals surface area (Å²) < 4.78 is 5.13. The molecule has 24 heavy (non-hydrogen) atoms. The van der Waals surface area contributed by atoms with E-state index in [-0.39, 0.29) is 11.8 Å². The molecule has 2 rings (SSSR count). The molecule has 0 radical (unpaired) electrons. The van der Waals surface area contributed by atoms with Crippen molar-refractivity contribution in [2.45, 2.75) is 39.5 Å². The number of aliphatic carboxylic acids is 1. The number of carbonyl (C=O) groups excluding carboxylic acids is 1. The number of methoxy groups -OCH3 is 1. The fourth-order valence-electron chi connectivity index (χ4n) is 3.33. The summed E-state index contributed by atoms with van der Waals surface area (Å²) in [4.78, 5) is 25.7. The molecule has 1 fully saturated rings. The van der Waals surface area contributed by atoms with Gasteiger partial charge >= 0.3 is 5.97 Å². The third-order valence-electron chi connectivity index (χ3n) is 5.20. The van der Waals surface area contributed by atoms with Gasteiger partial charge in [0.15, 0.2) is 0 Å². The minimum Gasteiger partial charge on any atom is -0.497 e. The van der Waals surface area contributed by atoms with Crippen LogP contribution in [0.4, 0.5) is 0 Å². The van der Waals surface area contributed by atoms with Crippen LogP contribution in [0, 0.1) is 11.3 Å². The fraction of sp³-hybridized carbons (Fsp3) is 0.579. The molecule has 1 N–H and O–H groups in total. The van der Waals surface area contributed by atoms with Gasteiger partial charge in [-0.2, -0.15) is 0 Å². The Morgan fingerprint density at radius 1 is 1.29 bits per heavy atom. The van der Waals surface area contributed by atoms with Gasteiger partial charge in [-0.3, -0.25) is 9.59 Å². The highest BCUT2D eigenvalue weighted by Crippen LogP contribution is 2.38. The third kappa shape index (κ3) is 3.89. The van der Waals surface area contributed by atoms with E-state index in [1.807, 2.05) is 38.1 Å². The summed E-state index contributed by atoms with van der Waals surface area (Å²) >= 11 is 0. The van der Waals surface area contributed by atoms with Crippen LogP contribution in [-0.2, 0) is 16.0 Å². The van der Waals surface area contributed by atoms with E-state index < -0.39 is 11.4 Å². The molecule has 0 bridgehead atoms. The Morgan fingerprint density at radius 2 is 1.96 bits per heavy atom. The van der Waals surface area contributed by atoms with Crippen molar-refractivity contribution in [3.63, 3.8) is 0 Å². The SMILES string of the molecule is COc1ccc(CCCC(=O)N2CCC(C(=O)O)(C(C)C)C2)cc1. The first-order valence-electron chi connectivity index (χ1n) is 8.53. The quantitative estimate of drug-likeness (QED) is 0.833. The molecule has 0 saturated carbocycles. The van der Waals surface area contributed by atoms with Crippen LogP contribution in [0.2, 0.25) is 0 Å². The maximum atomic E-state index is 12.4. The highest BCUT2D eigenvalue weighted by atomic mass is 16.5. The number of amides is 1. The largest absolute Gasteiger partial charge is 0.497 e. The van der Waals surface area contributed by atoms with Gasteiger partial charge in [0.1, 0.15) is 5.75 Å². The summed E-state index contributed by atoms with van der Waals surface area (Å²) in [5.74, 6) is 0.121. The smallest absolute Gasteiger partial charge is 0.311 e. The van der Waals surface area contributed by atoms with E-state index in [9.17, 15) is 14.7 Å². The number of rotatable bonds is 7. The van der Waals surface area contributed by atoms with Crippen LogP contribution in [0.3, 0.4) is 0 Å². The van der Waals surface area contributed by atoms with Gasteiger partial charge in [-0.15, -0.1) is 0 Å². The van der Waals surface area contributed by atoms with Gasteiger partial charge in [0.2, 0.25) is 5.91 Å². The molecule has 5 heteroatoms. The number of carboxylic acids is 1. The summed E-state index contributed by atoms with van der Waals surface area (Å²) in [6, 6.07) is 7.85. The normalized spacial score (nSPS) is 20.4. The molecule has 0 spiro atoms. The Bertz CT molecular complexity index is 582. The molecule has 1 aliphatic rings. The zero-order valence-electron chi connectivity index (χ0n) is 14.7. The molecule has 1 saturated heterocycles. The predicted molar refractivity (Wildman–Crippen MR) is 92.0 cm³/mol. The van der Waals surface area contributed by atoms with E-state index in [1.165, 1.54) is 5.56 Å². The van der Waals surface area contributed by atoms with Crippen LogP contribution in [0.5, 0.6) is 5.75 Å². The number of aryl methyl sites for hydroxylation is 1. The van der Waals surface area contributed by atoms with E-state index in [0.717, 1.165) is 18.6 Å². The Hall–Kier alpha value is -2.04. The van der Waals surface area contributed by atoms with Crippen molar-refractivity contribution in [2.24, 2.45) is 11.3 Å². The van der Waals surface area contributed by atoms with Crippen molar-refractivity contribution in [1.29, 1.82) is 0 Å². The van der Waals surface area contributed by atoms with Gasteiger partial charge in [0, 0.05) is 19.5 Å². The summed E-state index contributed by atoms with van der Waals surface area (Å²) in [6.45, 7) is 4.73. The number of carbonyl (C=O) groups is 2. The maximum absolute atomic E-state index is 12.4. The third-order valence-corrected chi connectivity index (χ3v) is 5.20. The molecule has 132 valence electrons. The lowest BCUT2D eigenvalue weighted by Gasteiger charge is -2.28. The molecule has 1 aliphatic heterocycles. The van der Waals surface area contributed by atoms with Crippen molar-refractivity contribution in [1.82, 2.24) is 4.90 Å². The standard InChI is InChI=1S/C19H27NO4/c1-14(2)19(18(22)23)11-12-20(13-19)17(21)6-4-5-15-7-9-16(24-3)10-8-15/h7-10,14H,4-6,11-13H2,1-3H3,(H,22,23). The van der Waals surface area contributed by atoms with Gasteiger partial charge in [-0.25, -0.2) is 0 Å². The van der Waals surface area contributed by atoms with E-state index in [4.69, 9.17) is 4.74 Å². The lowest BCUT2D eigenvalue weighted by Crippen LogP contribution is -2.40. The summed E-state index contributed by atoms with van der Waals surface area (Å²) in [5, 5.41) is 9.55. The maximum Gasteiger partial charge on any atom is 0.311 e. The minimum absolute atomic E-state index is 0.0205. The molecule has 1 amide bonds. The van der Waals surface area contributed by atoms with Crippen LogP contribution >= 0.6 is 0 Å². The van der Waals surface area contributed by atoms with Crippen LogP contribution in [0.15, 0.2) is 24.3 Å². The Morgan fingerprint density at radius 3 is 2.46 bits per heavy atom. The van der Waals surface area contributed by atoms with Crippen LogP contribution < -0.4 is 4.74 Å². The number of carboxylic acid groups (broad SMARTS) is 1.